The second kappa shape index (κ2) is 59.8. The lowest BCUT2D eigenvalue weighted by Crippen LogP contribution is -2.30. The zero-order valence-electron chi connectivity index (χ0n) is 58.1. The molecule has 0 aromatic carbocycles. The summed E-state index contributed by atoms with van der Waals surface area (Å²) < 4.78 is 68.3. The predicted molar refractivity (Wildman–Crippen MR) is 358 cm³/mol. The quantitative estimate of drug-likeness (QED) is 0.0222. The third-order valence-corrected chi connectivity index (χ3v) is 18.7. The summed E-state index contributed by atoms with van der Waals surface area (Å²) in [5.74, 6) is 0.863. The van der Waals surface area contributed by atoms with Crippen LogP contribution in [0.25, 0.3) is 0 Å². The number of carbonyl (C=O) groups is 4. The van der Waals surface area contributed by atoms with E-state index < -0.39 is 97.5 Å². The molecule has 0 rings (SSSR count). The molecular weight excluding hydrogens is 1170 g/mol. The van der Waals surface area contributed by atoms with E-state index in [0.29, 0.717) is 25.7 Å². The summed E-state index contributed by atoms with van der Waals surface area (Å²) in [5.41, 5.74) is 0. The highest BCUT2D eigenvalue weighted by Gasteiger charge is 2.30. The normalized spacial score (nSPS) is 14.9. The van der Waals surface area contributed by atoms with Gasteiger partial charge in [0.25, 0.3) is 0 Å². The van der Waals surface area contributed by atoms with E-state index in [2.05, 4.69) is 55.4 Å². The van der Waals surface area contributed by atoms with Crippen molar-refractivity contribution in [1.82, 2.24) is 0 Å². The molecule has 0 saturated heterocycles. The van der Waals surface area contributed by atoms with Gasteiger partial charge >= 0.3 is 39.5 Å². The zero-order valence-corrected chi connectivity index (χ0v) is 59.8. The molecule has 0 amide bonds. The highest BCUT2D eigenvalue weighted by Crippen LogP contribution is 2.45. The Labute approximate surface area is 543 Å². The van der Waals surface area contributed by atoms with Gasteiger partial charge in [0.15, 0.2) is 12.2 Å². The summed E-state index contributed by atoms with van der Waals surface area (Å²) in [6.07, 6.45) is 41.7. The van der Waals surface area contributed by atoms with Crippen molar-refractivity contribution in [3.05, 3.63) is 0 Å². The highest BCUT2D eigenvalue weighted by atomic mass is 31.2. The van der Waals surface area contributed by atoms with Gasteiger partial charge in [-0.25, -0.2) is 9.13 Å². The van der Waals surface area contributed by atoms with E-state index in [4.69, 9.17) is 37.0 Å². The first-order valence-electron chi connectivity index (χ1n) is 36.3. The van der Waals surface area contributed by atoms with Gasteiger partial charge in [-0.15, -0.1) is 0 Å². The number of ether oxygens (including phenoxy) is 4. The van der Waals surface area contributed by atoms with E-state index in [-0.39, 0.29) is 25.7 Å². The zero-order chi connectivity index (χ0) is 66.1. The van der Waals surface area contributed by atoms with Gasteiger partial charge in [-0.05, 0) is 49.4 Å². The van der Waals surface area contributed by atoms with Gasteiger partial charge in [0.05, 0.1) is 26.4 Å². The summed E-state index contributed by atoms with van der Waals surface area (Å²) >= 11 is 0. The summed E-state index contributed by atoms with van der Waals surface area (Å²) in [6, 6.07) is 0. The van der Waals surface area contributed by atoms with Gasteiger partial charge < -0.3 is 33.8 Å². The summed E-state index contributed by atoms with van der Waals surface area (Å²) in [4.78, 5) is 72.5. The maximum atomic E-state index is 13.0. The van der Waals surface area contributed by atoms with E-state index in [0.717, 1.165) is 120 Å². The largest absolute Gasteiger partial charge is 0.472 e. The van der Waals surface area contributed by atoms with Crippen LogP contribution in [0, 0.1) is 23.7 Å². The molecular formula is C70H136O17P2. The van der Waals surface area contributed by atoms with Crippen molar-refractivity contribution in [2.24, 2.45) is 23.7 Å². The van der Waals surface area contributed by atoms with Gasteiger partial charge in [0.1, 0.15) is 19.3 Å². The maximum Gasteiger partial charge on any atom is 0.472 e. The number of rotatable bonds is 67. The second-order valence-corrected chi connectivity index (χ2v) is 29.6. The molecule has 4 unspecified atom stereocenters. The lowest BCUT2D eigenvalue weighted by Gasteiger charge is -2.21. The second-order valence-electron chi connectivity index (χ2n) is 26.7. The molecule has 7 atom stereocenters. The summed E-state index contributed by atoms with van der Waals surface area (Å²) in [6.45, 7) is 14.1. The van der Waals surface area contributed by atoms with Crippen molar-refractivity contribution in [1.29, 1.82) is 0 Å². The van der Waals surface area contributed by atoms with Gasteiger partial charge in [0.2, 0.25) is 0 Å². The molecule has 0 fully saturated rings. The van der Waals surface area contributed by atoms with Crippen LogP contribution in [0.1, 0.15) is 344 Å². The number of hydrogen-bond acceptors (Lipinski definition) is 15. The smallest absolute Gasteiger partial charge is 0.462 e. The Morgan fingerprint density at radius 3 is 0.798 bits per heavy atom. The average molecular weight is 1310 g/mol. The number of phosphoric ester groups is 2. The molecule has 19 heteroatoms. The van der Waals surface area contributed by atoms with E-state index in [1.807, 2.05) is 0 Å². The molecule has 0 saturated carbocycles. The minimum atomic E-state index is -4.95. The van der Waals surface area contributed by atoms with Crippen LogP contribution >= 0.6 is 15.6 Å². The van der Waals surface area contributed by atoms with Crippen LogP contribution in [0.3, 0.4) is 0 Å². The van der Waals surface area contributed by atoms with E-state index in [1.165, 1.54) is 141 Å². The average Bonchev–Trinajstić information content (AvgIpc) is 3.53. The molecule has 0 aliphatic heterocycles. The van der Waals surface area contributed by atoms with Gasteiger partial charge in [-0.1, -0.05) is 293 Å². The number of carbonyl (C=O) groups excluding carboxylic acids is 4. The van der Waals surface area contributed by atoms with Crippen molar-refractivity contribution >= 4 is 39.5 Å². The fourth-order valence-electron chi connectivity index (χ4n) is 10.4. The predicted octanol–water partition coefficient (Wildman–Crippen LogP) is 19.7. The van der Waals surface area contributed by atoms with Crippen LogP contribution in [0.2, 0.25) is 0 Å². The molecule has 528 valence electrons. The van der Waals surface area contributed by atoms with Crippen LogP contribution in [-0.2, 0) is 65.4 Å². The monoisotopic (exact) mass is 1310 g/mol. The third-order valence-electron chi connectivity index (χ3n) is 16.8. The number of unbranched alkanes of at least 4 members (excludes halogenated alkanes) is 31. The number of phosphoric acid groups is 2. The molecule has 0 spiro atoms. The lowest BCUT2D eigenvalue weighted by atomic mass is 10.00. The number of aliphatic hydroxyl groups excluding tert-OH is 1. The summed E-state index contributed by atoms with van der Waals surface area (Å²) in [5, 5.41) is 10.6. The maximum absolute atomic E-state index is 13.0. The van der Waals surface area contributed by atoms with Crippen LogP contribution in [0.15, 0.2) is 0 Å². The standard InChI is InChI=1S/C70H136O17P2/c1-9-62(7)48-40-32-26-28-35-43-51-68(73)81-57-65(86-69(74)52-44-36-25-21-15-13-11-12-14-18-22-30-38-46-60(3)4)58-84-88(76,77)82-54-64(71)55-83-89(78,79)85-59-66(87-70(75)53-45-37-29-27-33-41-49-63(8)10-2)56-80-67(72)50-42-34-24-20-17-16-19-23-31-39-47-61(5)6/h60-66,71H,9-59H2,1-8H3,(H,76,77)(H,78,79)/t62?,63?,64-,65+,66+/m0/s1. The Morgan fingerprint density at radius 2 is 0.539 bits per heavy atom. The van der Waals surface area contributed by atoms with Crippen LogP contribution in [-0.4, -0.2) is 96.7 Å². The SMILES string of the molecule is CCC(C)CCCCCCCCC(=O)OC[C@H](COP(=O)(O)OC[C@H](O)COP(=O)(O)OC[C@@H](COC(=O)CCCCCCCCCCCCC(C)C)OC(=O)CCCCCCCCC(C)CC)OC(=O)CCCCCCCCCCCCCCCC(C)C. The van der Waals surface area contributed by atoms with E-state index >= 15 is 0 Å². The number of hydrogen-bond donors (Lipinski definition) is 3. The van der Waals surface area contributed by atoms with E-state index in [1.54, 1.807) is 0 Å². The Bertz CT molecular complexity index is 1770. The number of esters is 4. The molecule has 0 aliphatic carbocycles. The molecule has 0 aromatic rings. The molecule has 0 aromatic heterocycles. The minimum Gasteiger partial charge on any atom is -0.462 e. The Hall–Kier alpha value is -1.94. The first kappa shape index (κ1) is 87.1. The molecule has 3 N–H and O–H groups in total. The van der Waals surface area contributed by atoms with Crippen LogP contribution < -0.4 is 0 Å². The van der Waals surface area contributed by atoms with Crippen LogP contribution in [0.5, 0.6) is 0 Å². The third kappa shape index (κ3) is 62.0. The van der Waals surface area contributed by atoms with E-state index in [9.17, 15) is 43.2 Å². The Morgan fingerprint density at radius 1 is 0.315 bits per heavy atom. The van der Waals surface area contributed by atoms with Crippen molar-refractivity contribution in [2.45, 2.75) is 363 Å². The van der Waals surface area contributed by atoms with Gasteiger partial charge in [-0.2, -0.15) is 0 Å². The lowest BCUT2D eigenvalue weighted by molar-refractivity contribution is -0.161. The highest BCUT2D eigenvalue weighted by molar-refractivity contribution is 7.47. The Kier molecular flexibility index (Phi) is 58.5. The molecule has 17 nitrogen and oxygen atoms in total. The minimum absolute atomic E-state index is 0.102. The van der Waals surface area contributed by atoms with Gasteiger partial charge in [-0.3, -0.25) is 37.3 Å². The van der Waals surface area contributed by atoms with Crippen molar-refractivity contribution in [2.75, 3.05) is 39.6 Å². The molecule has 0 radical (unpaired) electrons. The van der Waals surface area contributed by atoms with Gasteiger partial charge in [0, 0.05) is 25.7 Å². The van der Waals surface area contributed by atoms with Crippen molar-refractivity contribution in [3.63, 3.8) is 0 Å². The first-order valence-corrected chi connectivity index (χ1v) is 39.3. The Balaban J connectivity index is 5.24. The fraction of sp³-hybridized carbons (Fsp3) is 0.943. The molecule has 0 aliphatic rings. The topological polar surface area (TPSA) is 237 Å². The van der Waals surface area contributed by atoms with Crippen LogP contribution in [0.4, 0.5) is 0 Å². The first-order chi connectivity index (χ1) is 42.7. The van der Waals surface area contributed by atoms with Crippen molar-refractivity contribution < 1.29 is 80.2 Å². The fourth-order valence-corrected chi connectivity index (χ4v) is 12.0. The molecule has 0 bridgehead atoms. The van der Waals surface area contributed by atoms with Crippen molar-refractivity contribution in [3.8, 4) is 0 Å². The summed E-state index contributed by atoms with van der Waals surface area (Å²) in [7, 11) is -9.90. The number of aliphatic hydroxyl groups is 1. The molecule has 89 heavy (non-hydrogen) atoms. The molecule has 0 heterocycles.